The smallest absolute Gasteiger partial charge is 0.275 e. The van der Waals surface area contributed by atoms with Crippen LogP contribution in [0.4, 0.5) is 5.82 Å². The number of nitrogens with one attached hydrogen (secondary N) is 1. The first-order valence-corrected chi connectivity index (χ1v) is 10.4. The molecular formula is C22H18N6O2S. The number of hydrogen-bond donors (Lipinski definition) is 1. The van der Waals surface area contributed by atoms with Gasteiger partial charge >= 0.3 is 0 Å². The average molecular weight is 430 g/mol. The minimum absolute atomic E-state index is 0.277. The van der Waals surface area contributed by atoms with Gasteiger partial charge in [0.25, 0.3) is 5.91 Å². The maximum Gasteiger partial charge on any atom is 0.275 e. The second-order valence-electron chi connectivity index (χ2n) is 6.93. The lowest BCUT2D eigenvalue weighted by atomic mass is 10.1. The van der Waals surface area contributed by atoms with E-state index in [9.17, 15) is 4.79 Å². The van der Waals surface area contributed by atoms with E-state index in [1.54, 1.807) is 34.8 Å². The monoisotopic (exact) mass is 430 g/mol. The van der Waals surface area contributed by atoms with Crippen LogP contribution in [-0.4, -0.2) is 30.5 Å². The molecule has 0 unspecified atom stereocenters. The van der Waals surface area contributed by atoms with Crippen molar-refractivity contribution in [1.29, 1.82) is 0 Å². The molecule has 9 heteroatoms. The zero-order valence-electron chi connectivity index (χ0n) is 16.8. The SMILES string of the molecule is Cc1cc(NC(=O)c2cc(-c3ccccc3)nn2C)n(-c2nc(-c3ccco3)cs2)n1. The molecule has 0 radical (unpaired) electrons. The van der Waals surface area contributed by atoms with Crippen molar-refractivity contribution in [3.8, 4) is 27.8 Å². The highest BCUT2D eigenvalue weighted by atomic mass is 32.1. The van der Waals surface area contributed by atoms with Crippen molar-refractivity contribution < 1.29 is 9.21 Å². The van der Waals surface area contributed by atoms with Crippen molar-refractivity contribution in [1.82, 2.24) is 24.5 Å². The van der Waals surface area contributed by atoms with E-state index < -0.39 is 0 Å². The molecule has 4 heterocycles. The second-order valence-corrected chi connectivity index (χ2v) is 7.77. The number of furan rings is 1. The molecule has 0 aliphatic heterocycles. The highest BCUT2D eigenvalue weighted by Gasteiger charge is 2.19. The molecule has 31 heavy (non-hydrogen) atoms. The Bertz CT molecular complexity index is 1350. The number of thiazole rings is 1. The Morgan fingerprint density at radius 1 is 1.06 bits per heavy atom. The van der Waals surface area contributed by atoms with E-state index >= 15 is 0 Å². The Kier molecular flexibility index (Phi) is 4.72. The van der Waals surface area contributed by atoms with Gasteiger partial charge < -0.3 is 9.73 Å². The fourth-order valence-electron chi connectivity index (χ4n) is 3.24. The Balaban J connectivity index is 1.43. The topological polar surface area (TPSA) is 90.8 Å². The highest BCUT2D eigenvalue weighted by Crippen LogP contribution is 2.27. The van der Waals surface area contributed by atoms with Crippen molar-refractivity contribution in [3.63, 3.8) is 0 Å². The number of amides is 1. The number of rotatable bonds is 5. The summed E-state index contributed by atoms with van der Waals surface area (Å²) in [5.74, 6) is 0.937. The third-order valence-corrected chi connectivity index (χ3v) is 5.52. The van der Waals surface area contributed by atoms with Gasteiger partial charge in [-0.15, -0.1) is 11.3 Å². The van der Waals surface area contributed by atoms with Gasteiger partial charge in [0.1, 0.15) is 17.2 Å². The van der Waals surface area contributed by atoms with E-state index in [2.05, 4.69) is 20.5 Å². The molecular weight excluding hydrogens is 412 g/mol. The minimum atomic E-state index is -0.277. The minimum Gasteiger partial charge on any atom is -0.463 e. The number of carbonyl (C=O) groups excluding carboxylic acids is 1. The van der Waals surface area contributed by atoms with E-state index in [0.29, 0.717) is 22.4 Å². The largest absolute Gasteiger partial charge is 0.463 e. The maximum absolute atomic E-state index is 13.0. The molecule has 1 amide bonds. The van der Waals surface area contributed by atoms with Crippen LogP contribution in [0, 0.1) is 6.92 Å². The standard InChI is InChI=1S/C22H18N6O2S/c1-14-11-20(28(25-14)22-23-17(13-31-22)19-9-6-10-30-19)24-21(29)18-12-16(26-27(18)2)15-7-4-3-5-8-15/h3-13H,1-2H3,(H,24,29). The van der Waals surface area contributed by atoms with Gasteiger partial charge in [-0.1, -0.05) is 30.3 Å². The van der Waals surface area contributed by atoms with Gasteiger partial charge in [-0.2, -0.15) is 14.9 Å². The lowest BCUT2D eigenvalue weighted by Crippen LogP contribution is -2.18. The molecule has 154 valence electrons. The summed E-state index contributed by atoms with van der Waals surface area (Å²) in [7, 11) is 1.75. The summed E-state index contributed by atoms with van der Waals surface area (Å²) in [5, 5.41) is 14.4. The van der Waals surface area contributed by atoms with Crippen molar-refractivity contribution in [2.45, 2.75) is 6.92 Å². The first kappa shape index (κ1) is 19.0. The fraction of sp³-hybridized carbons (Fsp3) is 0.0909. The number of hydrogen-bond acceptors (Lipinski definition) is 6. The summed E-state index contributed by atoms with van der Waals surface area (Å²) >= 11 is 1.42. The van der Waals surface area contributed by atoms with Crippen LogP contribution in [0.25, 0.3) is 27.8 Å². The molecule has 0 aliphatic carbocycles. The van der Waals surface area contributed by atoms with Crippen LogP contribution >= 0.6 is 11.3 Å². The van der Waals surface area contributed by atoms with Gasteiger partial charge in [-0.25, -0.2) is 4.98 Å². The molecule has 5 aromatic rings. The van der Waals surface area contributed by atoms with Gasteiger partial charge in [0.05, 0.1) is 17.7 Å². The van der Waals surface area contributed by atoms with Crippen molar-refractivity contribution >= 4 is 23.1 Å². The predicted molar refractivity (Wildman–Crippen MR) is 118 cm³/mol. The zero-order chi connectivity index (χ0) is 21.4. The summed E-state index contributed by atoms with van der Waals surface area (Å²) in [6.07, 6.45) is 1.61. The van der Waals surface area contributed by atoms with E-state index in [4.69, 9.17) is 4.42 Å². The molecule has 0 atom stereocenters. The molecule has 4 aromatic heterocycles. The summed E-state index contributed by atoms with van der Waals surface area (Å²) in [6, 6.07) is 17.0. The average Bonchev–Trinajstić information content (AvgIpc) is 3.55. The van der Waals surface area contributed by atoms with Gasteiger partial charge in [0.15, 0.2) is 5.76 Å². The van der Waals surface area contributed by atoms with Crippen molar-refractivity contribution in [2.75, 3.05) is 5.32 Å². The van der Waals surface area contributed by atoms with Crippen LogP contribution in [0.5, 0.6) is 0 Å². The maximum atomic E-state index is 13.0. The third kappa shape index (κ3) is 3.66. The van der Waals surface area contributed by atoms with E-state index in [1.165, 1.54) is 11.3 Å². The summed E-state index contributed by atoms with van der Waals surface area (Å²) in [4.78, 5) is 17.6. The predicted octanol–water partition coefficient (Wildman–Crippen LogP) is 4.55. The summed E-state index contributed by atoms with van der Waals surface area (Å²) in [6.45, 7) is 1.87. The Hall–Kier alpha value is -3.98. The molecule has 0 bridgehead atoms. The summed E-state index contributed by atoms with van der Waals surface area (Å²) in [5.41, 5.74) is 3.61. The molecule has 0 aliphatic rings. The lowest BCUT2D eigenvalue weighted by molar-refractivity contribution is 0.101. The summed E-state index contributed by atoms with van der Waals surface area (Å²) < 4.78 is 8.61. The number of aryl methyl sites for hydroxylation is 2. The number of aromatic nitrogens is 5. The molecule has 0 spiro atoms. The fourth-order valence-corrected chi connectivity index (χ4v) is 4.02. The zero-order valence-corrected chi connectivity index (χ0v) is 17.6. The molecule has 5 rings (SSSR count). The molecule has 0 saturated heterocycles. The first-order chi connectivity index (χ1) is 15.1. The van der Waals surface area contributed by atoms with Gasteiger partial charge in [0.2, 0.25) is 5.13 Å². The van der Waals surface area contributed by atoms with Crippen molar-refractivity contribution in [2.24, 2.45) is 7.05 Å². The van der Waals surface area contributed by atoms with E-state index in [1.807, 2.05) is 54.8 Å². The number of anilines is 1. The lowest BCUT2D eigenvalue weighted by Gasteiger charge is -2.06. The quantitative estimate of drug-likeness (QED) is 0.442. The van der Waals surface area contributed by atoms with E-state index in [0.717, 1.165) is 22.6 Å². The second kappa shape index (κ2) is 7.69. The highest BCUT2D eigenvalue weighted by molar-refractivity contribution is 7.12. The van der Waals surface area contributed by atoms with Crippen LogP contribution in [0.15, 0.2) is 70.7 Å². The van der Waals surface area contributed by atoms with Gasteiger partial charge in [0, 0.05) is 24.1 Å². The van der Waals surface area contributed by atoms with Crippen LogP contribution < -0.4 is 5.32 Å². The molecule has 0 saturated carbocycles. The van der Waals surface area contributed by atoms with Crippen LogP contribution in [0.2, 0.25) is 0 Å². The van der Waals surface area contributed by atoms with Crippen LogP contribution in [-0.2, 0) is 7.05 Å². The Labute approximate surface area is 181 Å². The number of nitrogens with zero attached hydrogens (tertiary/aromatic N) is 5. The van der Waals surface area contributed by atoms with Gasteiger partial charge in [-0.3, -0.25) is 9.48 Å². The molecule has 0 fully saturated rings. The van der Waals surface area contributed by atoms with Crippen LogP contribution in [0.3, 0.4) is 0 Å². The number of benzene rings is 1. The normalized spacial score (nSPS) is 11.0. The molecule has 8 nitrogen and oxygen atoms in total. The molecule has 1 aromatic carbocycles. The Morgan fingerprint density at radius 3 is 2.68 bits per heavy atom. The van der Waals surface area contributed by atoms with E-state index in [-0.39, 0.29) is 5.91 Å². The van der Waals surface area contributed by atoms with Gasteiger partial charge in [-0.05, 0) is 25.1 Å². The third-order valence-electron chi connectivity index (χ3n) is 4.70. The number of carbonyl (C=O) groups is 1. The van der Waals surface area contributed by atoms with Crippen molar-refractivity contribution in [3.05, 3.63) is 77.6 Å². The Morgan fingerprint density at radius 2 is 1.90 bits per heavy atom. The first-order valence-electron chi connectivity index (χ1n) is 9.56. The van der Waals surface area contributed by atoms with Crippen LogP contribution in [0.1, 0.15) is 16.2 Å². The molecule has 1 N–H and O–H groups in total.